The molecule has 0 radical (unpaired) electrons. The van der Waals surface area contributed by atoms with Gasteiger partial charge in [-0.25, -0.2) is 13.2 Å². The molecule has 1 saturated carbocycles. The molecule has 3 rings (SSSR count). The quantitative estimate of drug-likeness (QED) is 0.903. The number of fused-ring (bicyclic) bond motifs is 1. The summed E-state index contributed by atoms with van der Waals surface area (Å²) in [6.45, 7) is 0.946. The Balaban J connectivity index is 1.75. The Kier molecular flexibility index (Phi) is 3.20. The number of hydrogen-bond donors (Lipinski definition) is 1. The van der Waals surface area contributed by atoms with Crippen LogP contribution in [-0.4, -0.2) is 42.9 Å². The van der Waals surface area contributed by atoms with E-state index in [2.05, 4.69) is 0 Å². The summed E-state index contributed by atoms with van der Waals surface area (Å²) in [4.78, 5) is 12.7. The summed E-state index contributed by atoms with van der Waals surface area (Å²) in [7, 11) is -3.28. The van der Waals surface area contributed by atoms with Crippen LogP contribution in [-0.2, 0) is 9.84 Å². The highest BCUT2D eigenvalue weighted by Crippen LogP contribution is 2.42. The molecule has 108 valence electrons. The van der Waals surface area contributed by atoms with Gasteiger partial charge in [-0.05, 0) is 36.8 Å². The van der Waals surface area contributed by atoms with E-state index in [1.54, 1.807) is 30.3 Å². The monoisotopic (exact) mass is 295 g/mol. The third-order valence-electron chi connectivity index (χ3n) is 4.49. The van der Waals surface area contributed by atoms with Gasteiger partial charge in [-0.2, -0.15) is 0 Å². The number of benzene rings is 1. The Morgan fingerprint density at radius 2 is 1.65 bits per heavy atom. The van der Waals surface area contributed by atoms with E-state index in [1.807, 2.05) is 0 Å². The van der Waals surface area contributed by atoms with Crippen molar-refractivity contribution in [1.82, 2.24) is 4.90 Å². The molecule has 1 N–H and O–H groups in total. The first-order chi connectivity index (χ1) is 9.48. The van der Waals surface area contributed by atoms with E-state index in [9.17, 15) is 13.2 Å². The zero-order chi connectivity index (χ0) is 14.3. The molecule has 6 heteroatoms. The molecular weight excluding hydrogens is 278 g/mol. The van der Waals surface area contributed by atoms with E-state index in [0.717, 1.165) is 0 Å². The SMILES string of the molecule is O=C(O)N1CC2CC(S(=O)(=O)c3ccccc3)CC2C1. The number of sulfone groups is 1. The zero-order valence-electron chi connectivity index (χ0n) is 11.0. The fourth-order valence-corrected chi connectivity index (χ4v) is 5.38. The lowest BCUT2D eigenvalue weighted by Gasteiger charge is -2.16. The van der Waals surface area contributed by atoms with Crippen molar-refractivity contribution in [1.29, 1.82) is 0 Å². The molecule has 2 atom stereocenters. The lowest BCUT2D eigenvalue weighted by atomic mass is 10.0. The summed E-state index contributed by atoms with van der Waals surface area (Å²) in [5, 5.41) is 8.61. The number of rotatable bonds is 2. The van der Waals surface area contributed by atoms with Crippen molar-refractivity contribution in [3.8, 4) is 0 Å². The summed E-state index contributed by atoms with van der Waals surface area (Å²) >= 11 is 0. The third kappa shape index (κ3) is 2.18. The average molecular weight is 295 g/mol. The highest BCUT2D eigenvalue weighted by Gasteiger charge is 2.46. The van der Waals surface area contributed by atoms with Crippen molar-refractivity contribution >= 4 is 15.9 Å². The van der Waals surface area contributed by atoms with Crippen LogP contribution < -0.4 is 0 Å². The first-order valence-electron chi connectivity index (χ1n) is 6.75. The van der Waals surface area contributed by atoms with Gasteiger partial charge in [0.15, 0.2) is 9.84 Å². The molecule has 2 unspecified atom stereocenters. The minimum atomic E-state index is -3.28. The molecule has 2 fully saturated rings. The smallest absolute Gasteiger partial charge is 0.407 e. The largest absolute Gasteiger partial charge is 0.465 e. The van der Waals surface area contributed by atoms with Gasteiger partial charge >= 0.3 is 6.09 Å². The van der Waals surface area contributed by atoms with Crippen LogP contribution in [0.3, 0.4) is 0 Å². The standard InChI is InChI=1S/C14H17NO4S/c16-14(17)15-8-10-6-13(7-11(10)9-15)20(18,19)12-4-2-1-3-5-12/h1-5,10-11,13H,6-9H2,(H,16,17). The van der Waals surface area contributed by atoms with Gasteiger partial charge in [0.25, 0.3) is 0 Å². The summed E-state index contributed by atoms with van der Waals surface area (Å²) in [6.07, 6.45) is 0.249. The second-order valence-electron chi connectivity index (χ2n) is 5.66. The molecule has 5 nitrogen and oxygen atoms in total. The van der Waals surface area contributed by atoms with Gasteiger partial charge < -0.3 is 10.0 Å². The predicted octanol–water partition coefficient (Wildman–Crippen LogP) is 1.85. The van der Waals surface area contributed by atoms with Crippen molar-refractivity contribution in [2.45, 2.75) is 23.0 Å². The Hall–Kier alpha value is -1.56. The van der Waals surface area contributed by atoms with Crippen LogP contribution >= 0.6 is 0 Å². The molecule has 0 bridgehead atoms. The van der Waals surface area contributed by atoms with Crippen LogP contribution in [0.4, 0.5) is 4.79 Å². The number of nitrogens with zero attached hydrogens (tertiary/aromatic N) is 1. The van der Waals surface area contributed by atoms with Gasteiger partial charge in [0.2, 0.25) is 0 Å². The molecule has 1 aromatic carbocycles. The molecule has 1 aromatic rings. The molecule has 0 aromatic heterocycles. The van der Waals surface area contributed by atoms with Gasteiger partial charge in [0.05, 0.1) is 10.1 Å². The van der Waals surface area contributed by atoms with Crippen LogP contribution in [0, 0.1) is 11.8 Å². The highest BCUT2D eigenvalue weighted by molar-refractivity contribution is 7.92. The molecule has 1 saturated heterocycles. The summed E-state index contributed by atoms with van der Waals surface area (Å²) < 4.78 is 25.1. The maximum atomic E-state index is 12.6. The Morgan fingerprint density at radius 1 is 1.10 bits per heavy atom. The van der Waals surface area contributed by atoms with Crippen LogP contribution in [0.1, 0.15) is 12.8 Å². The number of carboxylic acid groups (broad SMARTS) is 1. The van der Waals surface area contributed by atoms with E-state index >= 15 is 0 Å². The molecule has 1 heterocycles. The zero-order valence-corrected chi connectivity index (χ0v) is 11.8. The Labute approximate surface area is 118 Å². The number of hydrogen-bond acceptors (Lipinski definition) is 3. The Morgan fingerprint density at radius 3 is 2.15 bits per heavy atom. The molecule has 1 amide bonds. The van der Waals surface area contributed by atoms with E-state index < -0.39 is 15.9 Å². The molecule has 2 aliphatic rings. The van der Waals surface area contributed by atoms with Crippen LogP contribution in [0.2, 0.25) is 0 Å². The second-order valence-corrected chi connectivity index (χ2v) is 7.89. The molecule has 20 heavy (non-hydrogen) atoms. The van der Waals surface area contributed by atoms with Gasteiger partial charge in [0, 0.05) is 13.1 Å². The van der Waals surface area contributed by atoms with Gasteiger partial charge in [-0.15, -0.1) is 0 Å². The number of carbonyl (C=O) groups is 1. The first-order valence-corrected chi connectivity index (χ1v) is 8.30. The summed E-state index contributed by atoms with van der Waals surface area (Å²) in [5.41, 5.74) is 0. The van der Waals surface area contributed by atoms with E-state index in [0.29, 0.717) is 30.8 Å². The topological polar surface area (TPSA) is 74.7 Å². The van der Waals surface area contributed by atoms with Crippen molar-refractivity contribution in [2.24, 2.45) is 11.8 Å². The fourth-order valence-electron chi connectivity index (χ4n) is 3.46. The van der Waals surface area contributed by atoms with E-state index in [4.69, 9.17) is 5.11 Å². The van der Waals surface area contributed by atoms with E-state index in [1.165, 1.54) is 4.90 Å². The first kappa shape index (κ1) is 13.4. The molecule has 1 aliphatic heterocycles. The molecular formula is C14H17NO4S. The minimum Gasteiger partial charge on any atom is -0.465 e. The molecule has 1 aliphatic carbocycles. The maximum Gasteiger partial charge on any atom is 0.407 e. The summed E-state index contributed by atoms with van der Waals surface area (Å²) in [5.74, 6) is 0.379. The second kappa shape index (κ2) is 4.77. The lowest BCUT2D eigenvalue weighted by molar-refractivity contribution is 0.152. The van der Waals surface area contributed by atoms with Gasteiger partial charge in [-0.1, -0.05) is 18.2 Å². The van der Waals surface area contributed by atoms with Crippen LogP contribution in [0.25, 0.3) is 0 Å². The summed E-state index contributed by atoms with van der Waals surface area (Å²) in [6, 6.07) is 8.52. The van der Waals surface area contributed by atoms with Crippen LogP contribution in [0.15, 0.2) is 35.2 Å². The normalized spacial score (nSPS) is 29.4. The predicted molar refractivity (Wildman–Crippen MR) is 73.2 cm³/mol. The number of likely N-dealkylation sites (tertiary alicyclic amines) is 1. The van der Waals surface area contributed by atoms with Gasteiger partial charge in [0.1, 0.15) is 0 Å². The maximum absolute atomic E-state index is 12.6. The van der Waals surface area contributed by atoms with Crippen molar-refractivity contribution in [3.05, 3.63) is 30.3 Å². The highest BCUT2D eigenvalue weighted by atomic mass is 32.2. The van der Waals surface area contributed by atoms with Crippen molar-refractivity contribution in [2.75, 3.05) is 13.1 Å². The third-order valence-corrected chi connectivity index (χ3v) is 6.68. The van der Waals surface area contributed by atoms with Crippen molar-refractivity contribution in [3.63, 3.8) is 0 Å². The van der Waals surface area contributed by atoms with E-state index in [-0.39, 0.29) is 17.1 Å². The average Bonchev–Trinajstić information content (AvgIpc) is 2.98. The minimum absolute atomic E-state index is 0.189. The number of amides is 1. The van der Waals surface area contributed by atoms with Crippen molar-refractivity contribution < 1.29 is 18.3 Å². The fraction of sp³-hybridized carbons (Fsp3) is 0.500. The lowest BCUT2D eigenvalue weighted by Crippen LogP contribution is -2.29. The van der Waals surface area contributed by atoms with Crippen LogP contribution in [0.5, 0.6) is 0 Å². The Bertz CT molecular complexity index is 599. The molecule has 0 spiro atoms. The van der Waals surface area contributed by atoms with Gasteiger partial charge in [-0.3, -0.25) is 0 Å².